The van der Waals surface area contributed by atoms with Crippen molar-refractivity contribution in [1.29, 1.82) is 0 Å². The summed E-state index contributed by atoms with van der Waals surface area (Å²) in [6, 6.07) is 5.85. The smallest absolute Gasteiger partial charge is 0.316 e. The normalized spacial score (nSPS) is 20.9. The SMILES string of the molecule is COc1cc(OCC(O)CN2C[C@@H](C)O[C@@H](C)C2)cc(-c2cnc(OC)nc2)c1. The highest BCUT2D eigenvalue weighted by molar-refractivity contribution is 5.65. The number of ether oxygens (including phenoxy) is 4. The van der Waals surface area contributed by atoms with Crippen LogP contribution >= 0.6 is 0 Å². The molecule has 0 saturated carbocycles. The Balaban J connectivity index is 1.63. The molecule has 1 fully saturated rings. The van der Waals surface area contributed by atoms with Gasteiger partial charge in [0.2, 0.25) is 0 Å². The minimum Gasteiger partial charge on any atom is -0.497 e. The zero-order valence-corrected chi connectivity index (χ0v) is 17.4. The molecule has 8 heteroatoms. The molecule has 1 aliphatic rings. The van der Waals surface area contributed by atoms with Gasteiger partial charge in [0.1, 0.15) is 24.2 Å². The van der Waals surface area contributed by atoms with E-state index in [-0.39, 0.29) is 18.8 Å². The molecular formula is C21H29N3O5. The average molecular weight is 403 g/mol. The van der Waals surface area contributed by atoms with Gasteiger partial charge in [-0.1, -0.05) is 0 Å². The molecule has 3 atom stereocenters. The van der Waals surface area contributed by atoms with Gasteiger partial charge < -0.3 is 24.1 Å². The molecule has 158 valence electrons. The highest BCUT2D eigenvalue weighted by Gasteiger charge is 2.24. The lowest BCUT2D eigenvalue weighted by molar-refractivity contribution is -0.0786. The van der Waals surface area contributed by atoms with Crippen molar-refractivity contribution in [3.8, 4) is 28.6 Å². The van der Waals surface area contributed by atoms with E-state index in [4.69, 9.17) is 18.9 Å². The van der Waals surface area contributed by atoms with Crippen molar-refractivity contribution in [1.82, 2.24) is 14.9 Å². The van der Waals surface area contributed by atoms with E-state index >= 15 is 0 Å². The van der Waals surface area contributed by atoms with Gasteiger partial charge in [-0.25, -0.2) is 9.97 Å². The summed E-state index contributed by atoms with van der Waals surface area (Å²) in [5, 5.41) is 10.4. The zero-order valence-electron chi connectivity index (χ0n) is 17.4. The van der Waals surface area contributed by atoms with Gasteiger partial charge in [-0.15, -0.1) is 0 Å². The summed E-state index contributed by atoms with van der Waals surface area (Å²) in [4.78, 5) is 10.5. The van der Waals surface area contributed by atoms with Crippen molar-refractivity contribution in [3.05, 3.63) is 30.6 Å². The van der Waals surface area contributed by atoms with Crippen LogP contribution in [0.1, 0.15) is 13.8 Å². The molecule has 0 amide bonds. The third kappa shape index (κ3) is 6.03. The van der Waals surface area contributed by atoms with Gasteiger partial charge in [0.25, 0.3) is 0 Å². The van der Waals surface area contributed by atoms with E-state index in [1.165, 1.54) is 7.11 Å². The van der Waals surface area contributed by atoms with E-state index in [0.717, 1.165) is 24.2 Å². The Hall–Kier alpha value is -2.42. The molecule has 1 unspecified atom stereocenters. The van der Waals surface area contributed by atoms with Gasteiger partial charge >= 0.3 is 6.01 Å². The fourth-order valence-electron chi connectivity index (χ4n) is 3.49. The molecular weight excluding hydrogens is 374 g/mol. The summed E-state index contributed by atoms with van der Waals surface area (Å²) in [7, 11) is 3.12. The molecule has 0 bridgehead atoms. The van der Waals surface area contributed by atoms with Crippen LogP contribution in [0.3, 0.4) is 0 Å². The van der Waals surface area contributed by atoms with Gasteiger partial charge in [-0.2, -0.15) is 0 Å². The maximum Gasteiger partial charge on any atom is 0.316 e. The monoisotopic (exact) mass is 403 g/mol. The Morgan fingerprint density at radius 1 is 1.03 bits per heavy atom. The molecule has 0 spiro atoms. The van der Waals surface area contributed by atoms with Crippen LogP contribution in [-0.4, -0.2) is 78.7 Å². The van der Waals surface area contributed by atoms with Crippen molar-refractivity contribution >= 4 is 0 Å². The Bertz CT molecular complexity index is 776. The summed E-state index contributed by atoms with van der Waals surface area (Å²) in [5.41, 5.74) is 1.67. The third-order valence-electron chi connectivity index (χ3n) is 4.67. The fourth-order valence-corrected chi connectivity index (χ4v) is 3.49. The first-order chi connectivity index (χ1) is 14.0. The highest BCUT2D eigenvalue weighted by atomic mass is 16.5. The summed E-state index contributed by atoms with van der Waals surface area (Å²) < 4.78 is 22.0. The number of methoxy groups -OCH3 is 2. The topological polar surface area (TPSA) is 86.2 Å². The summed E-state index contributed by atoms with van der Waals surface area (Å²) in [5.74, 6) is 1.26. The quantitative estimate of drug-likeness (QED) is 0.716. The lowest BCUT2D eigenvalue weighted by Gasteiger charge is -2.36. The number of aromatic nitrogens is 2. The molecule has 1 saturated heterocycles. The molecule has 1 aliphatic heterocycles. The third-order valence-corrected chi connectivity index (χ3v) is 4.67. The number of rotatable bonds is 8. The Kier molecular flexibility index (Phi) is 7.24. The van der Waals surface area contributed by atoms with Crippen molar-refractivity contribution in [3.63, 3.8) is 0 Å². The Labute approximate surface area is 171 Å². The second-order valence-electron chi connectivity index (χ2n) is 7.30. The van der Waals surface area contributed by atoms with Crippen LogP contribution in [0.2, 0.25) is 0 Å². The molecule has 1 aromatic carbocycles. The zero-order chi connectivity index (χ0) is 20.8. The van der Waals surface area contributed by atoms with E-state index in [1.807, 2.05) is 26.0 Å². The molecule has 2 aromatic rings. The predicted octanol–water partition coefficient (Wildman–Crippen LogP) is 2.01. The van der Waals surface area contributed by atoms with E-state index in [2.05, 4.69) is 14.9 Å². The molecule has 1 N–H and O–H groups in total. The van der Waals surface area contributed by atoms with E-state index in [1.54, 1.807) is 25.6 Å². The molecule has 29 heavy (non-hydrogen) atoms. The number of aliphatic hydroxyl groups is 1. The lowest BCUT2D eigenvalue weighted by atomic mass is 10.1. The Morgan fingerprint density at radius 3 is 2.31 bits per heavy atom. The predicted molar refractivity (Wildman–Crippen MR) is 109 cm³/mol. The highest BCUT2D eigenvalue weighted by Crippen LogP contribution is 2.29. The van der Waals surface area contributed by atoms with Crippen molar-refractivity contribution in [2.75, 3.05) is 40.5 Å². The van der Waals surface area contributed by atoms with Gasteiger partial charge in [0.05, 0.1) is 26.4 Å². The fraction of sp³-hybridized carbons (Fsp3) is 0.524. The van der Waals surface area contributed by atoms with E-state index < -0.39 is 6.10 Å². The van der Waals surface area contributed by atoms with Gasteiger partial charge in [0, 0.05) is 43.7 Å². The largest absolute Gasteiger partial charge is 0.497 e. The average Bonchev–Trinajstić information content (AvgIpc) is 2.71. The summed E-state index contributed by atoms with van der Waals surface area (Å²) >= 11 is 0. The van der Waals surface area contributed by atoms with Gasteiger partial charge in [-0.3, -0.25) is 4.90 Å². The summed E-state index contributed by atoms with van der Waals surface area (Å²) in [6.07, 6.45) is 3.09. The molecule has 2 heterocycles. The second-order valence-corrected chi connectivity index (χ2v) is 7.30. The van der Waals surface area contributed by atoms with Gasteiger partial charge in [0.15, 0.2) is 0 Å². The number of morpholine rings is 1. The first kappa shape index (κ1) is 21.3. The minimum atomic E-state index is -0.605. The number of benzene rings is 1. The first-order valence-electron chi connectivity index (χ1n) is 9.71. The maximum absolute atomic E-state index is 10.4. The molecule has 8 nitrogen and oxygen atoms in total. The van der Waals surface area contributed by atoms with Crippen LogP contribution in [-0.2, 0) is 4.74 Å². The van der Waals surface area contributed by atoms with E-state index in [0.29, 0.717) is 24.1 Å². The van der Waals surface area contributed by atoms with E-state index in [9.17, 15) is 5.11 Å². The van der Waals surface area contributed by atoms with Crippen molar-refractivity contribution in [2.24, 2.45) is 0 Å². The van der Waals surface area contributed by atoms with Crippen LogP contribution in [0.5, 0.6) is 17.5 Å². The number of aliphatic hydroxyl groups excluding tert-OH is 1. The minimum absolute atomic E-state index is 0.166. The van der Waals surface area contributed by atoms with Gasteiger partial charge in [-0.05, 0) is 31.5 Å². The van der Waals surface area contributed by atoms with Crippen molar-refractivity contribution in [2.45, 2.75) is 32.2 Å². The van der Waals surface area contributed by atoms with Crippen LogP contribution in [0.15, 0.2) is 30.6 Å². The molecule has 0 radical (unpaired) electrons. The number of nitrogens with zero attached hydrogens (tertiary/aromatic N) is 3. The van der Waals surface area contributed by atoms with Crippen LogP contribution in [0.25, 0.3) is 11.1 Å². The maximum atomic E-state index is 10.4. The second kappa shape index (κ2) is 9.87. The lowest BCUT2D eigenvalue weighted by Crippen LogP contribution is -2.48. The van der Waals surface area contributed by atoms with Crippen LogP contribution in [0, 0.1) is 0 Å². The summed E-state index contributed by atoms with van der Waals surface area (Å²) in [6.45, 7) is 6.44. The van der Waals surface area contributed by atoms with Crippen LogP contribution < -0.4 is 14.2 Å². The van der Waals surface area contributed by atoms with Crippen LogP contribution in [0.4, 0.5) is 0 Å². The standard InChI is InChI=1S/C21H29N3O5/c1-14-10-24(11-15(2)29-14)12-18(25)13-28-20-6-16(5-19(7-20)26-3)17-8-22-21(27-4)23-9-17/h5-9,14-15,18,25H,10-13H2,1-4H3/t14-,15+,18?. The number of hydrogen-bond donors (Lipinski definition) is 1. The number of hydrogen-bond acceptors (Lipinski definition) is 8. The molecule has 1 aromatic heterocycles. The molecule has 3 rings (SSSR count). The van der Waals surface area contributed by atoms with Crippen molar-refractivity contribution < 1.29 is 24.1 Å². The Morgan fingerprint density at radius 2 is 1.69 bits per heavy atom. The first-order valence-corrected chi connectivity index (χ1v) is 9.71. The number of β-amino-alcohol motifs (C(OH)–C–C–N with tert-alkyl or cyclic N) is 1. The molecule has 0 aliphatic carbocycles.